The maximum absolute atomic E-state index is 6.67. The molecule has 0 heterocycles. The molecule has 2 heteroatoms. The first-order chi connectivity index (χ1) is 4.91. The van der Waals surface area contributed by atoms with Crippen LogP contribution in [0.4, 0.5) is 0 Å². The van der Waals surface area contributed by atoms with Crippen molar-refractivity contribution in [3.63, 3.8) is 0 Å². The first kappa shape index (κ1) is 9.11. The Labute approximate surface area is 62.1 Å². The Hall–Kier alpha value is -0.890. The highest BCUT2D eigenvalue weighted by Crippen LogP contribution is 1.68. The molecular formula is C8H14N2. The summed E-state index contributed by atoms with van der Waals surface area (Å²) in [6, 6.07) is 0. The van der Waals surface area contributed by atoms with Gasteiger partial charge in [0.05, 0.1) is 0 Å². The molecule has 0 saturated heterocycles. The molecule has 0 bridgehead atoms. The van der Waals surface area contributed by atoms with Gasteiger partial charge in [-0.15, -0.1) is 0 Å². The van der Waals surface area contributed by atoms with Crippen LogP contribution in [0, 0.1) is 5.41 Å². The van der Waals surface area contributed by atoms with Crippen molar-refractivity contribution >= 4 is 6.21 Å². The van der Waals surface area contributed by atoms with Gasteiger partial charge < -0.3 is 10.7 Å². The Bertz CT molecular complexity index is 125. The summed E-state index contributed by atoms with van der Waals surface area (Å²) in [5.74, 6) is 0. The quantitative estimate of drug-likeness (QED) is 0.336. The molecule has 0 amide bonds. The molecule has 0 aliphatic rings. The van der Waals surface area contributed by atoms with Crippen molar-refractivity contribution in [2.24, 2.45) is 0 Å². The van der Waals surface area contributed by atoms with E-state index in [2.05, 4.69) is 11.4 Å². The molecule has 2 N–H and O–H groups in total. The third-order valence-corrected chi connectivity index (χ3v) is 0.992. The molecule has 10 heavy (non-hydrogen) atoms. The van der Waals surface area contributed by atoms with E-state index in [1.165, 1.54) is 6.21 Å². The molecule has 0 aromatic carbocycles. The van der Waals surface area contributed by atoms with Crippen molar-refractivity contribution in [3.05, 3.63) is 24.3 Å². The van der Waals surface area contributed by atoms with E-state index in [-0.39, 0.29) is 0 Å². The fourth-order valence-corrected chi connectivity index (χ4v) is 0.504. The highest BCUT2D eigenvalue weighted by atomic mass is 14.8. The highest BCUT2D eigenvalue weighted by molar-refractivity contribution is 5.67. The summed E-state index contributed by atoms with van der Waals surface area (Å²) in [6.45, 7) is 3.73. The van der Waals surface area contributed by atoms with Crippen molar-refractivity contribution in [2.75, 3.05) is 13.1 Å². The molecule has 2 nitrogen and oxygen atoms in total. The average Bonchev–Trinajstić information content (AvgIpc) is 1.97. The summed E-state index contributed by atoms with van der Waals surface area (Å²) in [6.07, 6.45) is 8.96. The van der Waals surface area contributed by atoms with Crippen LogP contribution >= 0.6 is 0 Å². The second-order valence-electron chi connectivity index (χ2n) is 1.82. The van der Waals surface area contributed by atoms with Crippen LogP contribution in [-0.4, -0.2) is 19.3 Å². The second kappa shape index (κ2) is 8.11. The molecule has 0 fully saturated rings. The highest BCUT2D eigenvalue weighted by Gasteiger charge is 1.73. The van der Waals surface area contributed by atoms with Crippen molar-refractivity contribution in [1.29, 1.82) is 5.41 Å². The molecule has 0 radical (unpaired) electrons. The van der Waals surface area contributed by atoms with Gasteiger partial charge >= 0.3 is 0 Å². The molecule has 0 spiro atoms. The Balaban J connectivity index is 3.04. The Morgan fingerprint density at radius 1 is 1.30 bits per heavy atom. The SMILES string of the molecule is C/C=C\CNC/C=C\C=N. The molecule has 0 aromatic heterocycles. The van der Waals surface area contributed by atoms with E-state index in [1.54, 1.807) is 6.08 Å². The van der Waals surface area contributed by atoms with Crippen molar-refractivity contribution in [1.82, 2.24) is 5.32 Å². The van der Waals surface area contributed by atoms with Crippen molar-refractivity contribution in [2.45, 2.75) is 6.92 Å². The molecule has 0 saturated carbocycles. The average molecular weight is 138 g/mol. The Kier molecular flexibility index (Phi) is 7.39. The van der Waals surface area contributed by atoms with Gasteiger partial charge in [-0.2, -0.15) is 0 Å². The van der Waals surface area contributed by atoms with Gasteiger partial charge in [0.15, 0.2) is 0 Å². The van der Waals surface area contributed by atoms with E-state index in [1.807, 2.05) is 19.1 Å². The van der Waals surface area contributed by atoms with Gasteiger partial charge in [0.1, 0.15) is 0 Å². The van der Waals surface area contributed by atoms with Crippen LogP contribution < -0.4 is 5.32 Å². The lowest BCUT2D eigenvalue weighted by atomic mass is 10.4. The monoisotopic (exact) mass is 138 g/mol. The fourth-order valence-electron chi connectivity index (χ4n) is 0.504. The maximum atomic E-state index is 6.67. The zero-order chi connectivity index (χ0) is 7.66. The largest absolute Gasteiger partial charge is 0.310 e. The Morgan fingerprint density at radius 3 is 2.60 bits per heavy atom. The van der Waals surface area contributed by atoms with Crippen LogP contribution in [0.25, 0.3) is 0 Å². The van der Waals surface area contributed by atoms with Crippen molar-refractivity contribution in [3.8, 4) is 0 Å². The number of hydrogen-bond acceptors (Lipinski definition) is 2. The normalized spacial score (nSPS) is 11.3. The lowest BCUT2D eigenvalue weighted by Gasteiger charge is -1.92. The van der Waals surface area contributed by atoms with E-state index in [0.29, 0.717) is 0 Å². The van der Waals surface area contributed by atoms with E-state index in [9.17, 15) is 0 Å². The first-order valence-electron chi connectivity index (χ1n) is 3.39. The smallest absolute Gasteiger partial charge is 0.0175 e. The third-order valence-electron chi connectivity index (χ3n) is 0.992. The topological polar surface area (TPSA) is 35.9 Å². The van der Waals surface area contributed by atoms with Crippen LogP contribution in [-0.2, 0) is 0 Å². The second-order valence-corrected chi connectivity index (χ2v) is 1.82. The van der Waals surface area contributed by atoms with Crippen LogP contribution in [0.5, 0.6) is 0 Å². The van der Waals surface area contributed by atoms with Gasteiger partial charge in [0.2, 0.25) is 0 Å². The molecule has 0 aliphatic carbocycles. The lowest BCUT2D eigenvalue weighted by molar-refractivity contribution is 0.842. The van der Waals surface area contributed by atoms with Gasteiger partial charge in [0, 0.05) is 19.3 Å². The predicted octanol–water partition coefficient (Wildman–Crippen LogP) is 1.36. The summed E-state index contributed by atoms with van der Waals surface area (Å²) >= 11 is 0. The van der Waals surface area contributed by atoms with Gasteiger partial charge in [-0.1, -0.05) is 18.2 Å². The zero-order valence-electron chi connectivity index (χ0n) is 6.30. The maximum Gasteiger partial charge on any atom is 0.0175 e. The number of nitrogens with one attached hydrogen (secondary N) is 2. The molecule has 0 unspecified atom stereocenters. The van der Waals surface area contributed by atoms with Crippen LogP contribution in [0.3, 0.4) is 0 Å². The van der Waals surface area contributed by atoms with Gasteiger partial charge in [-0.05, 0) is 13.0 Å². The third kappa shape index (κ3) is 7.11. The van der Waals surface area contributed by atoms with E-state index in [4.69, 9.17) is 5.41 Å². The summed E-state index contributed by atoms with van der Waals surface area (Å²) < 4.78 is 0. The molecule has 0 rings (SSSR count). The van der Waals surface area contributed by atoms with Gasteiger partial charge in [0.25, 0.3) is 0 Å². The van der Waals surface area contributed by atoms with E-state index < -0.39 is 0 Å². The zero-order valence-corrected chi connectivity index (χ0v) is 6.30. The van der Waals surface area contributed by atoms with Crippen LogP contribution in [0.2, 0.25) is 0 Å². The number of hydrogen-bond donors (Lipinski definition) is 2. The molecule has 0 aliphatic heterocycles. The molecule has 0 aromatic rings. The van der Waals surface area contributed by atoms with Crippen LogP contribution in [0.15, 0.2) is 24.3 Å². The minimum absolute atomic E-state index is 0.833. The summed E-state index contributed by atoms with van der Waals surface area (Å²) in [4.78, 5) is 0. The van der Waals surface area contributed by atoms with Crippen molar-refractivity contribution < 1.29 is 0 Å². The van der Waals surface area contributed by atoms with E-state index in [0.717, 1.165) is 13.1 Å². The lowest BCUT2D eigenvalue weighted by Crippen LogP contribution is -2.12. The first-order valence-corrected chi connectivity index (χ1v) is 3.39. The standard InChI is InChI=1S/C8H14N2/c1-2-3-7-10-8-5-4-6-9/h2-6,9-10H,7-8H2,1H3/b3-2-,5-4-,9-6?. The Morgan fingerprint density at radius 2 is 2.00 bits per heavy atom. The summed E-state index contributed by atoms with van der Waals surface area (Å²) in [5, 5.41) is 9.81. The van der Waals surface area contributed by atoms with Gasteiger partial charge in [-0.3, -0.25) is 0 Å². The summed E-state index contributed by atoms with van der Waals surface area (Å²) in [5.41, 5.74) is 0. The molecule has 56 valence electrons. The minimum Gasteiger partial charge on any atom is -0.310 e. The number of rotatable bonds is 5. The van der Waals surface area contributed by atoms with E-state index >= 15 is 0 Å². The summed E-state index contributed by atoms with van der Waals surface area (Å²) in [7, 11) is 0. The predicted molar refractivity (Wildman–Crippen MR) is 45.6 cm³/mol. The fraction of sp³-hybridized carbons (Fsp3) is 0.375. The molecular weight excluding hydrogens is 124 g/mol. The number of allylic oxidation sites excluding steroid dienone is 2. The molecule has 0 atom stereocenters. The van der Waals surface area contributed by atoms with Gasteiger partial charge in [-0.25, -0.2) is 0 Å². The minimum atomic E-state index is 0.833. The van der Waals surface area contributed by atoms with Crippen LogP contribution in [0.1, 0.15) is 6.92 Å².